The third-order valence-corrected chi connectivity index (χ3v) is 6.20. The molecule has 0 atom stereocenters. The molecule has 0 radical (unpaired) electrons. The maximum atomic E-state index is 14.2. The average molecular weight is 440 g/mol. The van der Waals surface area contributed by atoms with Gasteiger partial charge in [-0.05, 0) is 29.8 Å². The molecule has 0 aliphatic carbocycles. The molecule has 1 aliphatic heterocycles. The number of anilines is 1. The molecule has 0 spiro atoms. The number of nitrogens with zero attached hydrogens (tertiary/aromatic N) is 3. The maximum absolute atomic E-state index is 14.2. The highest BCUT2D eigenvalue weighted by atomic mass is 32.1. The van der Waals surface area contributed by atoms with Crippen LogP contribution in [0.2, 0.25) is 0 Å². The van der Waals surface area contributed by atoms with Crippen molar-refractivity contribution < 1.29 is 19.0 Å². The van der Waals surface area contributed by atoms with Crippen LogP contribution in [-0.4, -0.2) is 60.4 Å². The predicted octanol–water partition coefficient (Wildman–Crippen LogP) is 3.21. The molecule has 3 aromatic rings. The zero-order chi connectivity index (χ0) is 21.6. The molecule has 1 N–H and O–H groups in total. The van der Waals surface area contributed by atoms with Gasteiger partial charge in [0.05, 0.1) is 23.4 Å². The average Bonchev–Trinajstić information content (AvgIpc) is 3.22. The van der Waals surface area contributed by atoms with Gasteiger partial charge in [-0.15, -0.1) is 0 Å². The van der Waals surface area contributed by atoms with E-state index in [2.05, 4.69) is 26.6 Å². The first kappa shape index (κ1) is 21.2. The first-order chi connectivity index (χ1) is 15.1. The number of hydrogen-bond acceptors (Lipinski definition) is 6. The van der Waals surface area contributed by atoms with Gasteiger partial charge in [-0.1, -0.05) is 35.5 Å². The SMILES string of the molecule is O=C(O)C#Cc1ccc(CN(CCN2CCOCC2)c2nc3cccc(F)c3s2)cc1. The summed E-state index contributed by atoms with van der Waals surface area (Å²) in [5.41, 5.74) is 2.35. The van der Waals surface area contributed by atoms with Crippen molar-refractivity contribution in [2.45, 2.75) is 6.54 Å². The number of benzene rings is 2. The lowest BCUT2D eigenvalue weighted by Gasteiger charge is -2.30. The highest BCUT2D eigenvalue weighted by Gasteiger charge is 2.17. The summed E-state index contributed by atoms with van der Waals surface area (Å²) in [5, 5.41) is 9.48. The zero-order valence-corrected chi connectivity index (χ0v) is 17.7. The van der Waals surface area contributed by atoms with Crippen molar-refractivity contribution in [2.24, 2.45) is 0 Å². The monoisotopic (exact) mass is 439 g/mol. The Morgan fingerprint density at radius 2 is 2.00 bits per heavy atom. The molecule has 0 unspecified atom stereocenters. The first-order valence-corrected chi connectivity index (χ1v) is 10.8. The number of morpholine rings is 1. The van der Waals surface area contributed by atoms with E-state index in [1.807, 2.05) is 30.3 Å². The number of thiazole rings is 1. The summed E-state index contributed by atoms with van der Waals surface area (Å²) in [6.07, 6.45) is 0. The Labute approximate surface area is 183 Å². The van der Waals surface area contributed by atoms with Gasteiger partial charge in [-0.2, -0.15) is 0 Å². The van der Waals surface area contributed by atoms with E-state index in [1.165, 1.54) is 17.4 Å². The summed E-state index contributed by atoms with van der Waals surface area (Å²) in [4.78, 5) is 19.8. The number of aromatic nitrogens is 1. The molecule has 2 heterocycles. The molecule has 0 saturated carbocycles. The third kappa shape index (κ3) is 5.58. The quantitative estimate of drug-likeness (QED) is 0.595. The first-order valence-electron chi connectivity index (χ1n) is 10.0. The van der Waals surface area contributed by atoms with E-state index in [0.717, 1.165) is 50.1 Å². The van der Waals surface area contributed by atoms with Gasteiger partial charge in [0.2, 0.25) is 0 Å². The molecule has 0 bridgehead atoms. The Balaban J connectivity index is 1.54. The highest BCUT2D eigenvalue weighted by Crippen LogP contribution is 2.31. The second-order valence-corrected chi connectivity index (χ2v) is 8.19. The molecule has 160 valence electrons. The summed E-state index contributed by atoms with van der Waals surface area (Å²) in [6.45, 7) is 5.51. The van der Waals surface area contributed by atoms with E-state index >= 15 is 0 Å². The third-order valence-electron chi connectivity index (χ3n) is 5.06. The van der Waals surface area contributed by atoms with Gasteiger partial charge < -0.3 is 14.7 Å². The number of fused-ring (bicyclic) bond motifs is 1. The molecule has 6 nitrogen and oxygen atoms in total. The van der Waals surface area contributed by atoms with E-state index in [9.17, 15) is 9.18 Å². The van der Waals surface area contributed by atoms with Crippen LogP contribution in [0.1, 0.15) is 11.1 Å². The minimum absolute atomic E-state index is 0.254. The van der Waals surface area contributed by atoms with Gasteiger partial charge in [0.15, 0.2) is 5.13 Å². The van der Waals surface area contributed by atoms with Crippen LogP contribution < -0.4 is 4.90 Å². The molecule has 1 aromatic heterocycles. The summed E-state index contributed by atoms with van der Waals surface area (Å²) >= 11 is 1.36. The number of halogens is 1. The fourth-order valence-corrected chi connectivity index (χ4v) is 4.40. The van der Waals surface area contributed by atoms with Crippen molar-refractivity contribution in [3.8, 4) is 11.8 Å². The van der Waals surface area contributed by atoms with Crippen LogP contribution in [0.3, 0.4) is 0 Å². The topological polar surface area (TPSA) is 65.9 Å². The molecule has 1 saturated heterocycles. The number of rotatable bonds is 6. The smallest absolute Gasteiger partial charge is 0.382 e. The standard InChI is InChI=1S/C23H22FN3O3S/c24-19-2-1-3-20-22(19)31-23(25-20)27(11-10-26-12-14-30-15-13-26)16-18-6-4-17(5-7-18)8-9-21(28)29/h1-7H,10-16H2,(H,28,29). The van der Waals surface area contributed by atoms with E-state index in [-0.39, 0.29) is 5.82 Å². The number of carbonyl (C=O) groups is 1. The predicted molar refractivity (Wildman–Crippen MR) is 119 cm³/mol. The minimum atomic E-state index is -1.15. The number of ether oxygens (including phenoxy) is 1. The van der Waals surface area contributed by atoms with Gasteiger partial charge in [-0.3, -0.25) is 4.90 Å². The minimum Gasteiger partial charge on any atom is -0.472 e. The lowest BCUT2D eigenvalue weighted by Crippen LogP contribution is -2.41. The van der Waals surface area contributed by atoms with Gasteiger partial charge in [-0.25, -0.2) is 14.2 Å². The Bertz CT molecular complexity index is 1110. The summed E-state index contributed by atoms with van der Waals surface area (Å²) < 4.78 is 20.2. The number of aliphatic carboxylic acids is 1. The van der Waals surface area contributed by atoms with Gasteiger partial charge >= 0.3 is 5.97 Å². The highest BCUT2D eigenvalue weighted by molar-refractivity contribution is 7.22. The molecule has 1 fully saturated rings. The van der Waals surface area contributed by atoms with Crippen LogP contribution in [-0.2, 0) is 16.1 Å². The van der Waals surface area contributed by atoms with Gasteiger partial charge in [0, 0.05) is 44.2 Å². The Morgan fingerprint density at radius 3 is 2.71 bits per heavy atom. The molecule has 8 heteroatoms. The molecule has 31 heavy (non-hydrogen) atoms. The Kier molecular flexibility index (Phi) is 6.77. The summed E-state index contributed by atoms with van der Waals surface area (Å²) in [6, 6.07) is 12.4. The van der Waals surface area contributed by atoms with Crippen LogP contribution in [0.5, 0.6) is 0 Å². The largest absolute Gasteiger partial charge is 0.472 e. The second kappa shape index (κ2) is 9.88. The molecule has 2 aromatic carbocycles. The fraction of sp³-hybridized carbons (Fsp3) is 0.304. The van der Waals surface area contributed by atoms with E-state index in [0.29, 0.717) is 22.3 Å². The van der Waals surface area contributed by atoms with Crippen molar-refractivity contribution >= 4 is 32.7 Å². The molecule has 0 amide bonds. The van der Waals surface area contributed by atoms with Crippen molar-refractivity contribution in [3.05, 3.63) is 59.4 Å². The van der Waals surface area contributed by atoms with Crippen LogP contribution in [0.25, 0.3) is 10.2 Å². The summed E-state index contributed by atoms with van der Waals surface area (Å²) in [7, 11) is 0. The van der Waals surface area contributed by atoms with E-state index in [4.69, 9.17) is 9.84 Å². The van der Waals surface area contributed by atoms with Crippen molar-refractivity contribution in [1.29, 1.82) is 0 Å². The molecular weight excluding hydrogens is 417 g/mol. The van der Waals surface area contributed by atoms with Crippen LogP contribution in [0.15, 0.2) is 42.5 Å². The summed E-state index contributed by atoms with van der Waals surface area (Å²) in [5.74, 6) is 3.33. The molecular formula is C23H22FN3O3S. The van der Waals surface area contributed by atoms with Crippen LogP contribution in [0.4, 0.5) is 9.52 Å². The van der Waals surface area contributed by atoms with Gasteiger partial charge in [0.25, 0.3) is 0 Å². The fourth-order valence-electron chi connectivity index (χ4n) is 3.41. The van der Waals surface area contributed by atoms with Crippen molar-refractivity contribution in [1.82, 2.24) is 9.88 Å². The normalized spacial score (nSPS) is 14.2. The Hall–Kier alpha value is -2.99. The second-order valence-electron chi connectivity index (χ2n) is 7.21. The van der Waals surface area contributed by atoms with Gasteiger partial charge in [0.1, 0.15) is 5.82 Å². The molecule has 1 aliphatic rings. The van der Waals surface area contributed by atoms with Crippen LogP contribution >= 0.6 is 11.3 Å². The lowest BCUT2D eigenvalue weighted by atomic mass is 10.1. The van der Waals surface area contributed by atoms with Crippen molar-refractivity contribution in [3.63, 3.8) is 0 Å². The number of hydrogen-bond donors (Lipinski definition) is 1. The van der Waals surface area contributed by atoms with E-state index in [1.54, 1.807) is 6.07 Å². The molecule has 4 rings (SSSR count). The van der Waals surface area contributed by atoms with E-state index < -0.39 is 5.97 Å². The zero-order valence-electron chi connectivity index (χ0n) is 16.9. The maximum Gasteiger partial charge on any atom is 0.382 e. The number of carboxylic acid groups (broad SMARTS) is 1. The Morgan fingerprint density at radius 1 is 1.23 bits per heavy atom. The number of carboxylic acids is 1. The lowest BCUT2D eigenvalue weighted by molar-refractivity contribution is -0.130. The van der Waals surface area contributed by atoms with Crippen molar-refractivity contribution in [2.75, 3.05) is 44.3 Å². The van der Waals surface area contributed by atoms with Crippen LogP contribution in [0, 0.1) is 17.7 Å².